The van der Waals surface area contributed by atoms with Crippen molar-refractivity contribution in [1.29, 1.82) is 0 Å². The van der Waals surface area contributed by atoms with E-state index in [1.807, 2.05) is 37.3 Å². The van der Waals surface area contributed by atoms with Gasteiger partial charge in [0.15, 0.2) is 6.61 Å². The molecule has 7 nitrogen and oxygen atoms in total. The van der Waals surface area contributed by atoms with Crippen molar-refractivity contribution in [1.82, 2.24) is 10.6 Å². The van der Waals surface area contributed by atoms with Crippen LogP contribution in [-0.4, -0.2) is 31.1 Å². The predicted octanol–water partition coefficient (Wildman–Crippen LogP) is 2.73. The fourth-order valence-electron chi connectivity index (χ4n) is 2.09. The maximum absolute atomic E-state index is 12.1. The highest BCUT2D eigenvalue weighted by atomic mass is 16.5. The van der Waals surface area contributed by atoms with Crippen LogP contribution in [0.5, 0.6) is 0 Å². The second-order valence-electron chi connectivity index (χ2n) is 5.26. The van der Waals surface area contributed by atoms with E-state index in [9.17, 15) is 14.4 Å². The monoisotopic (exact) mass is 344 g/mol. The number of benzene rings is 1. The second-order valence-corrected chi connectivity index (χ2v) is 5.26. The summed E-state index contributed by atoms with van der Waals surface area (Å²) in [5, 5.41) is 4.62. The molecular formula is C18H20N2O5. The SMILES string of the molecule is CCCCNC(=O)NC(=O)COC(=O)c1occc1-c1ccccc1. The number of esters is 1. The minimum absolute atomic E-state index is 0.00592. The van der Waals surface area contributed by atoms with Gasteiger partial charge in [0, 0.05) is 12.1 Å². The molecule has 0 spiro atoms. The van der Waals surface area contributed by atoms with Crippen molar-refractivity contribution in [3.8, 4) is 11.1 Å². The summed E-state index contributed by atoms with van der Waals surface area (Å²) in [5.41, 5.74) is 1.37. The molecule has 0 aliphatic carbocycles. The highest BCUT2D eigenvalue weighted by Crippen LogP contribution is 2.25. The first-order valence-electron chi connectivity index (χ1n) is 7.99. The molecule has 0 radical (unpaired) electrons. The zero-order valence-electron chi connectivity index (χ0n) is 13.9. The van der Waals surface area contributed by atoms with Gasteiger partial charge >= 0.3 is 12.0 Å². The molecule has 7 heteroatoms. The van der Waals surface area contributed by atoms with E-state index in [1.165, 1.54) is 6.26 Å². The Balaban J connectivity index is 1.86. The molecular weight excluding hydrogens is 324 g/mol. The summed E-state index contributed by atoms with van der Waals surface area (Å²) in [6, 6.07) is 10.2. The van der Waals surface area contributed by atoms with E-state index in [1.54, 1.807) is 6.07 Å². The first-order valence-corrected chi connectivity index (χ1v) is 7.99. The lowest BCUT2D eigenvalue weighted by Gasteiger charge is -2.07. The van der Waals surface area contributed by atoms with E-state index in [0.29, 0.717) is 12.1 Å². The molecule has 0 unspecified atom stereocenters. The Labute approximate surface area is 145 Å². The van der Waals surface area contributed by atoms with Crippen molar-refractivity contribution in [3.05, 3.63) is 48.4 Å². The van der Waals surface area contributed by atoms with Crippen LogP contribution in [0.1, 0.15) is 30.3 Å². The van der Waals surface area contributed by atoms with Gasteiger partial charge in [-0.05, 0) is 18.1 Å². The van der Waals surface area contributed by atoms with Crippen LogP contribution in [0.3, 0.4) is 0 Å². The van der Waals surface area contributed by atoms with Gasteiger partial charge in [-0.2, -0.15) is 0 Å². The van der Waals surface area contributed by atoms with Crippen LogP contribution in [0.15, 0.2) is 47.1 Å². The topological polar surface area (TPSA) is 97.6 Å². The maximum atomic E-state index is 12.1. The first-order chi connectivity index (χ1) is 12.1. The smallest absolute Gasteiger partial charge is 0.375 e. The fourth-order valence-corrected chi connectivity index (χ4v) is 2.09. The van der Waals surface area contributed by atoms with Crippen molar-refractivity contribution in [2.24, 2.45) is 0 Å². The predicted molar refractivity (Wildman–Crippen MR) is 90.9 cm³/mol. The zero-order valence-corrected chi connectivity index (χ0v) is 13.9. The first kappa shape index (κ1) is 18.3. The molecule has 2 aromatic rings. The van der Waals surface area contributed by atoms with Crippen LogP contribution in [0, 0.1) is 0 Å². The van der Waals surface area contributed by atoms with Crippen molar-refractivity contribution in [2.75, 3.05) is 13.2 Å². The van der Waals surface area contributed by atoms with Crippen LogP contribution in [0.4, 0.5) is 4.79 Å². The van der Waals surface area contributed by atoms with Crippen LogP contribution >= 0.6 is 0 Å². The summed E-state index contributed by atoms with van der Waals surface area (Å²) < 4.78 is 10.1. The summed E-state index contributed by atoms with van der Waals surface area (Å²) in [6.45, 7) is 1.89. The van der Waals surface area contributed by atoms with Crippen molar-refractivity contribution in [2.45, 2.75) is 19.8 Å². The number of amides is 3. The normalized spacial score (nSPS) is 10.1. The van der Waals surface area contributed by atoms with Crippen LogP contribution in [0.25, 0.3) is 11.1 Å². The van der Waals surface area contributed by atoms with Gasteiger partial charge in [-0.1, -0.05) is 43.7 Å². The van der Waals surface area contributed by atoms with Gasteiger partial charge in [0.25, 0.3) is 5.91 Å². The number of hydrogen-bond donors (Lipinski definition) is 2. The largest absolute Gasteiger partial charge is 0.457 e. The standard InChI is InChI=1S/C18H20N2O5/c1-2-3-10-19-18(23)20-15(21)12-25-17(22)16-14(9-11-24-16)13-7-5-4-6-8-13/h4-9,11H,2-3,10,12H2,1H3,(H2,19,20,21,23). The van der Waals surface area contributed by atoms with Crippen LogP contribution in [-0.2, 0) is 9.53 Å². The Hall–Kier alpha value is -3.09. The highest BCUT2D eigenvalue weighted by Gasteiger charge is 2.19. The van der Waals surface area contributed by atoms with Gasteiger partial charge in [-0.15, -0.1) is 0 Å². The highest BCUT2D eigenvalue weighted by molar-refractivity contribution is 5.98. The zero-order chi connectivity index (χ0) is 18.1. The molecule has 3 amide bonds. The number of imide groups is 1. The third kappa shape index (κ3) is 5.49. The lowest BCUT2D eigenvalue weighted by molar-refractivity contribution is -0.123. The van der Waals surface area contributed by atoms with E-state index in [0.717, 1.165) is 18.4 Å². The summed E-state index contributed by atoms with van der Waals surface area (Å²) in [5.74, 6) is -1.48. The summed E-state index contributed by atoms with van der Waals surface area (Å²) in [7, 11) is 0. The molecule has 2 rings (SSSR count). The number of carbonyl (C=O) groups excluding carboxylic acids is 3. The van der Waals surface area contributed by atoms with Gasteiger partial charge < -0.3 is 14.5 Å². The Morgan fingerprint density at radius 2 is 1.88 bits per heavy atom. The summed E-state index contributed by atoms with van der Waals surface area (Å²) in [6.07, 6.45) is 3.12. The Morgan fingerprint density at radius 3 is 2.60 bits per heavy atom. The molecule has 0 saturated carbocycles. The van der Waals surface area contributed by atoms with Gasteiger partial charge in [0.2, 0.25) is 5.76 Å². The van der Waals surface area contributed by atoms with E-state index < -0.39 is 24.5 Å². The molecule has 2 N–H and O–H groups in total. The average Bonchev–Trinajstić information content (AvgIpc) is 3.10. The third-order valence-corrected chi connectivity index (χ3v) is 3.34. The molecule has 0 saturated heterocycles. The molecule has 1 aromatic carbocycles. The average molecular weight is 344 g/mol. The summed E-state index contributed by atoms with van der Waals surface area (Å²) >= 11 is 0. The Kier molecular flexibility index (Phi) is 6.76. The lowest BCUT2D eigenvalue weighted by Crippen LogP contribution is -2.41. The molecule has 0 bridgehead atoms. The van der Waals surface area contributed by atoms with E-state index in [4.69, 9.17) is 9.15 Å². The van der Waals surface area contributed by atoms with Gasteiger partial charge in [-0.25, -0.2) is 9.59 Å². The van der Waals surface area contributed by atoms with E-state index in [2.05, 4.69) is 10.6 Å². The number of ether oxygens (including phenoxy) is 1. The van der Waals surface area contributed by atoms with Crippen molar-refractivity contribution in [3.63, 3.8) is 0 Å². The molecule has 0 aliphatic heterocycles. The summed E-state index contributed by atoms with van der Waals surface area (Å²) in [4.78, 5) is 35.2. The lowest BCUT2D eigenvalue weighted by atomic mass is 10.1. The van der Waals surface area contributed by atoms with Crippen LogP contribution in [0.2, 0.25) is 0 Å². The number of nitrogens with one attached hydrogen (secondary N) is 2. The molecule has 1 heterocycles. The molecule has 1 aromatic heterocycles. The number of hydrogen-bond acceptors (Lipinski definition) is 5. The van der Waals surface area contributed by atoms with Crippen LogP contribution < -0.4 is 10.6 Å². The number of furan rings is 1. The minimum Gasteiger partial charge on any atom is -0.457 e. The Bertz CT molecular complexity index is 724. The van der Waals surface area contributed by atoms with Gasteiger partial charge in [0.05, 0.1) is 6.26 Å². The second kappa shape index (κ2) is 9.27. The molecule has 0 fully saturated rings. The Morgan fingerprint density at radius 1 is 1.12 bits per heavy atom. The van der Waals surface area contributed by atoms with Gasteiger partial charge in [-0.3, -0.25) is 10.1 Å². The molecule has 132 valence electrons. The molecule has 0 atom stereocenters. The number of rotatable bonds is 7. The molecule has 25 heavy (non-hydrogen) atoms. The minimum atomic E-state index is -0.773. The molecule has 0 aliphatic rings. The van der Waals surface area contributed by atoms with Gasteiger partial charge in [0.1, 0.15) is 0 Å². The quantitative estimate of drug-likeness (QED) is 0.594. The van der Waals surface area contributed by atoms with Crippen molar-refractivity contribution >= 4 is 17.9 Å². The van der Waals surface area contributed by atoms with E-state index in [-0.39, 0.29) is 5.76 Å². The van der Waals surface area contributed by atoms with E-state index >= 15 is 0 Å². The number of unbranched alkanes of at least 4 members (excludes halogenated alkanes) is 1. The number of urea groups is 1. The van der Waals surface area contributed by atoms with Crippen molar-refractivity contribution < 1.29 is 23.5 Å². The number of carbonyl (C=O) groups is 3. The third-order valence-electron chi connectivity index (χ3n) is 3.34. The maximum Gasteiger partial charge on any atom is 0.375 e. The fraction of sp³-hybridized carbons (Fsp3) is 0.278.